The molecule has 3 aromatic rings. The number of nitrogens with one attached hydrogen (secondary N) is 2. The Morgan fingerprint density at radius 3 is 2.59 bits per heavy atom. The largest absolute Gasteiger partial charge is 0.388 e. The summed E-state index contributed by atoms with van der Waals surface area (Å²) in [6.07, 6.45) is 2.39. The molecule has 4 rings (SSSR count). The van der Waals surface area contributed by atoms with Crippen molar-refractivity contribution in [1.82, 2.24) is 20.4 Å². The van der Waals surface area contributed by atoms with Crippen molar-refractivity contribution in [2.24, 2.45) is 11.3 Å². The summed E-state index contributed by atoms with van der Waals surface area (Å²) in [5.41, 5.74) is 1.51. The topological polar surface area (TPSA) is 98.3 Å². The van der Waals surface area contributed by atoms with Crippen LogP contribution in [0.25, 0.3) is 10.9 Å². The van der Waals surface area contributed by atoms with Gasteiger partial charge < -0.3 is 10.0 Å². The van der Waals surface area contributed by atoms with E-state index >= 15 is 0 Å². The van der Waals surface area contributed by atoms with Crippen molar-refractivity contribution in [3.63, 3.8) is 0 Å². The van der Waals surface area contributed by atoms with E-state index in [1.807, 2.05) is 26.0 Å². The predicted molar refractivity (Wildman–Crippen MR) is 123 cm³/mol. The number of rotatable bonds is 4. The van der Waals surface area contributed by atoms with Crippen LogP contribution >= 0.6 is 11.6 Å². The van der Waals surface area contributed by atoms with Crippen molar-refractivity contribution >= 4 is 34.4 Å². The number of aromatic nitrogens is 2. The Morgan fingerprint density at radius 1 is 1.22 bits per heavy atom. The summed E-state index contributed by atoms with van der Waals surface area (Å²) in [5.74, 6) is -0.221. The van der Waals surface area contributed by atoms with Crippen LogP contribution in [-0.4, -0.2) is 45.2 Å². The van der Waals surface area contributed by atoms with Gasteiger partial charge in [-0.15, -0.1) is 0 Å². The fourth-order valence-electron chi connectivity index (χ4n) is 4.55. The van der Waals surface area contributed by atoms with Crippen molar-refractivity contribution in [3.8, 4) is 0 Å². The molecule has 2 aromatic carbocycles. The number of hydrogen-bond acceptors (Lipinski definition) is 4. The molecule has 1 atom stereocenters. The third-order valence-corrected chi connectivity index (χ3v) is 6.85. The number of carbonyl (C=O) groups is 2. The van der Waals surface area contributed by atoms with Crippen molar-refractivity contribution in [2.75, 3.05) is 13.1 Å². The van der Waals surface area contributed by atoms with Gasteiger partial charge >= 0.3 is 6.03 Å². The molecule has 8 heteroatoms. The van der Waals surface area contributed by atoms with Gasteiger partial charge in [-0.3, -0.25) is 15.2 Å². The molecule has 1 saturated heterocycles. The van der Waals surface area contributed by atoms with E-state index in [1.165, 1.54) is 0 Å². The lowest BCUT2D eigenvalue weighted by Crippen LogP contribution is -2.48. The molecule has 3 amide bonds. The number of fused-ring (bicyclic) bond motifs is 1. The van der Waals surface area contributed by atoms with Crippen molar-refractivity contribution in [3.05, 3.63) is 64.8 Å². The monoisotopic (exact) mass is 454 g/mol. The summed E-state index contributed by atoms with van der Waals surface area (Å²) < 4.78 is 0. The minimum Gasteiger partial charge on any atom is -0.388 e. The van der Waals surface area contributed by atoms with Gasteiger partial charge in [-0.05, 0) is 48.4 Å². The van der Waals surface area contributed by atoms with Crippen LogP contribution in [0.3, 0.4) is 0 Å². The second-order valence-corrected chi connectivity index (χ2v) is 9.38. The van der Waals surface area contributed by atoms with E-state index in [0.717, 1.165) is 29.3 Å². The molecule has 168 valence electrons. The number of aliphatic hydroxyl groups excluding tert-OH is 1. The SMILES string of the molecule is CC(C)(C1CCN(C(=O)NC(=O)c2ccccc2)CC1)[C@H](O)c1cc(Cl)cc2cn[nH]c12. The number of hydrogen-bond donors (Lipinski definition) is 3. The maximum Gasteiger partial charge on any atom is 0.324 e. The van der Waals surface area contributed by atoms with Gasteiger partial charge in [0.25, 0.3) is 5.91 Å². The first-order valence-corrected chi connectivity index (χ1v) is 11.1. The third kappa shape index (κ3) is 4.36. The highest BCUT2D eigenvalue weighted by Crippen LogP contribution is 2.46. The van der Waals surface area contributed by atoms with E-state index in [2.05, 4.69) is 15.5 Å². The normalized spacial score (nSPS) is 16.2. The number of halogens is 1. The molecule has 32 heavy (non-hydrogen) atoms. The molecule has 0 unspecified atom stereocenters. The van der Waals surface area contributed by atoms with Gasteiger partial charge in [0.05, 0.1) is 17.8 Å². The number of piperidine rings is 1. The van der Waals surface area contributed by atoms with Crippen LogP contribution in [0.4, 0.5) is 4.79 Å². The molecular weight excluding hydrogens is 428 g/mol. The second-order valence-electron chi connectivity index (χ2n) is 8.94. The van der Waals surface area contributed by atoms with E-state index in [9.17, 15) is 14.7 Å². The van der Waals surface area contributed by atoms with Crippen LogP contribution in [-0.2, 0) is 0 Å². The summed E-state index contributed by atoms with van der Waals surface area (Å²) in [5, 5.41) is 22.2. The van der Waals surface area contributed by atoms with Crippen LogP contribution in [0.2, 0.25) is 5.02 Å². The Labute approximate surface area is 191 Å². The Bertz CT molecular complexity index is 1120. The highest BCUT2D eigenvalue weighted by Gasteiger charge is 2.40. The molecule has 7 nitrogen and oxygen atoms in total. The Morgan fingerprint density at radius 2 is 1.91 bits per heavy atom. The zero-order chi connectivity index (χ0) is 22.9. The summed E-state index contributed by atoms with van der Waals surface area (Å²) in [6.45, 7) is 5.12. The molecular formula is C24H27ClN4O3. The quantitative estimate of drug-likeness (QED) is 0.539. The second kappa shape index (κ2) is 8.92. The number of imide groups is 1. The lowest BCUT2D eigenvalue weighted by molar-refractivity contribution is -0.0142. The van der Waals surface area contributed by atoms with E-state index in [0.29, 0.717) is 23.7 Å². The number of H-pyrrole nitrogens is 1. The maximum atomic E-state index is 12.6. The van der Waals surface area contributed by atoms with E-state index in [-0.39, 0.29) is 11.9 Å². The van der Waals surface area contributed by atoms with Gasteiger partial charge in [-0.2, -0.15) is 5.10 Å². The molecule has 1 fully saturated rings. The number of amides is 3. The van der Waals surface area contributed by atoms with Crippen molar-refractivity contribution in [2.45, 2.75) is 32.8 Å². The molecule has 0 radical (unpaired) electrons. The Hall–Kier alpha value is -2.90. The van der Waals surface area contributed by atoms with Crippen LogP contribution < -0.4 is 5.32 Å². The first kappa shape index (κ1) is 22.3. The van der Waals surface area contributed by atoms with E-state index in [1.54, 1.807) is 41.4 Å². The van der Waals surface area contributed by atoms with Crippen molar-refractivity contribution in [1.29, 1.82) is 0 Å². The maximum absolute atomic E-state index is 12.6. The van der Waals surface area contributed by atoms with Gasteiger partial charge in [0.2, 0.25) is 0 Å². The molecule has 0 aliphatic carbocycles. The highest BCUT2D eigenvalue weighted by atomic mass is 35.5. The van der Waals surface area contributed by atoms with Gasteiger partial charge in [0, 0.05) is 34.6 Å². The fourth-order valence-corrected chi connectivity index (χ4v) is 4.79. The molecule has 1 aliphatic rings. The van der Waals surface area contributed by atoms with E-state index in [4.69, 9.17) is 11.6 Å². The number of urea groups is 1. The summed E-state index contributed by atoms with van der Waals surface area (Å²) >= 11 is 6.27. The minimum absolute atomic E-state index is 0.184. The number of carbonyl (C=O) groups excluding carboxylic acids is 2. The zero-order valence-electron chi connectivity index (χ0n) is 18.1. The van der Waals surface area contributed by atoms with Crippen LogP contribution in [0.5, 0.6) is 0 Å². The Kier molecular flexibility index (Phi) is 6.22. The van der Waals surface area contributed by atoms with Gasteiger partial charge in [-0.25, -0.2) is 4.79 Å². The molecule has 0 spiro atoms. The summed E-state index contributed by atoms with van der Waals surface area (Å²) in [4.78, 5) is 26.5. The average Bonchev–Trinajstić information content (AvgIpc) is 3.27. The van der Waals surface area contributed by atoms with Gasteiger partial charge in [-0.1, -0.05) is 43.6 Å². The van der Waals surface area contributed by atoms with Crippen LogP contribution in [0.1, 0.15) is 48.7 Å². The first-order valence-electron chi connectivity index (χ1n) is 10.7. The molecule has 1 aliphatic heterocycles. The highest BCUT2D eigenvalue weighted by molar-refractivity contribution is 6.31. The van der Waals surface area contributed by atoms with Crippen LogP contribution in [0.15, 0.2) is 48.7 Å². The fraction of sp³-hybridized carbons (Fsp3) is 0.375. The molecule has 0 bridgehead atoms. The number of aliphatic hydroxyl groups is 1. The van der Waals surface area contributed by atoms with Crippen molar-refractivity contribution < 1.29 is 14.7 Å². The molecule has 3 N–H and O–H groups in total. The van der Waals surface area contributed by atoms with Gasteiger partial charge in [0.15, 0.2) is 0 Å². The molecule has 0 saturated carbocycles. The van der Waals surface area contributed by atoms with Crippen LogP contribution in [0, 0.1) is 11.3 Å². The third-order valence-electron chi connectivity index (χ3n) is 6.63. The molecule has 2 heterocycles. The lowest BCUT2D eigenvalue weighted by atomic mass is 9.68. The lowest BCUT2D eigenvalue weighted by Gasteiger charge is -2.43. The average molecular weight is 455 g/mol. The number of benzene rings is 2. The van der Waals surface area contributed by atoms with E-state index < -0.39 is 17.4 Å². The smallest absolute Gasteiger partial charge is 0.324 e. The Balaban J connectivity index is 1.41. The summed E-state index contributed by atoms with van der Waals surface area (Å²) in [6, 6.07) is 11.9. The minimum atomic E-state index is -0.755. The summed E-state index contributed by atoms with van der Waals surface area (Å²) in [7, 11) is 0. The zero-order valence-corrected chi connectivity index (χ0v) is 18.9. The first-order chi connectivity index (χ1) is 15.3. The number of aromatic amines is 1. The molecule has 1 aromatic heterocycles. The standard InChI is InChI=1S/C24H27ClN4O3/c1-24(2,21(30)19-13-18(25)12-16-14-26-28-20(16)19)17-8-10-29(11-9-17)23(32)27-22(31)15-6-4-3-5-7-15/h3-7,12-14,17,21,30H,8-11H2,1-2H3,(H,26,28)(H,27,31,32)/t21-/m1/s1. The predicted octanol–water partition coefficient (Wildman–Crippen LogP) is 4.54. The number of likely N-dealkylation sites (tertiary alicyclic amines) is 1. The number of nitrogens with zero attached hydrogens (tertiary/aromatic N) is 2. The van der Waals surface area contributed by atoms with Gasteiger partial charge in [0.1, 0.15) is 0 Å².